The van der Waals surface area contributed by atoms with Gasteiger partial charge in [-0.15, -0.1) is 0 Å². The molecule has 6 nitrogen and oxygen atoms in total. The lowest BCUT2D eigenvalue weighted by atomic mass is 10.2. The molecule has 1 N–H and O–H groups in total. The van der Waals surface area contributed by atoms with E-state index in [1.54, 1.807) is 30.5 Å². The number of pyridine rings is 1. The number of hydrogen-bond donors (Lipinski definition) is 1. The van der Waals surface area contributed by atoms with Crippen molar-refractivity contribution in [2.75, 3.05) is 18.6 Å². The smallest absolute Gasteiger partial charge is 0.240 e. The summed E-state index contributed by atoms with van der Waals surface area (Å²) in [6.45, 7) is 1.53. The molecule has 1 heterocycles. The van der Waals surface area contributed by atoms with E-state index in [0.717, 1.165) is 5.69 Å². The molecule has 2 aromatic rings. The lowest BCUT2D eigenvalue weighted by Crippen LogP contribution is -2.39. The first-order chi connectivity index (χ1) is 11.5. The molecule has 1 aromatic heterocycles. The molecule has 0 atom stereocenters. The molecule has 0 saturated carbocycles. The zero-order valence-corrected chi connectivity index (χ0v) is 14.2. The number of anilines is 1. The zero-order valence-electron chi connectivity index (χ0n) is 13.5. The van der Waals surface area contributed by atoms with Gasteiger partial charge in [0.25, 0.3) is 0 Å². The molecule has 0 fully saturated rings. The van der Waals surface area contributed by atoms with E-state index in [2.05, 4.69) is 10.3 Å². The van der Waals surface area contributed by atoms with Gasteiger partial charge in [0, 0.05) is 18.1 Å². The van der Waals surface area contributed by atoms with Crippen LogP contribution in [0.5, 0.6) is 5.75 Å². The molecule has 0 radical (unpaired) electrons. The summed E-state index contributed by atoms with van der Waals surface area (Å²) in [5, 5.41) is 3.19. The average Bonchev–Trinajstić information content (AvgIpc) is 2.58. The number of nitrogens with one attached hydrogen (secondary N) is 1. The van der Waals surface area contributed by atoms with Gasteiger partial charge in [0.15, 0.2) is 0 Å². The first-order valence-electron chi connectivity index (χ1n) is 7.29. The quantitative estimate of drug-likeness (QED) is 0.871. The molecule has 0 bridgehead atoms. The minimum absolute atomic E-state index is 0.140. The Morgan fingerprint density at radius 1 is 1.29 bits per heavy atom. The summed E-state index contributed by atoms with van der Waals surface area (Å²) in [7, 11) is 1.49. The van der Waals surface area contributed by atoms with Crippen LogP contribution in [0.1, 0.15) is 12.6 Å². The van der Waals surface area contributed by atoms with Crippen molar-refractivity contribution in [3.05, 3.63) is 53.3 Å². The molecular formula is C17H18ClN3O3. The number of carbonyl (C=O) groups is 2. The SMILES string of the molecule is COc1ccc(Cl)cc1N(CC(=O)NCc1ccccn1)C(C)=O. The summed E-state index contributed by atoms with van der Waals surface area (Å²) in [5.74, 6) is -0.131. The normalized spacial score (nSPS) is 10.1. The lowest BCUT2D eigenvalue weighted by molar-refractivity contribution is -0.123. The molecular weight excluding hydrogens is 330 g/mol. The standard InChI is InChI=1S/C17H18ClN3O3/c1-12(22)21(15-9-13(18)6-7-16(15)24-2)11-17(23)20-10-14-5-3-4-8-19-14/h3-9H,10-11H2,1-2H3,(H,20,23). The van der Waals surface area contributed by atoms with Crippen molar-refractivity contribution in [1.29, 1.82) is 0 Å². The van der Waals surface area contributed by atoms with Crippen molar-refractivity contribution >= 4 is 29.1 Å². The van der Waals surface area contributed by atoms with E-state index in [1.807, 2.05) is 12.1 Å². The third-order valence-corrected chi connectivity index (χ3v) is 3.54. The number of ether oxygens (including phenoxy) is 1. The summed E-state index contributed by atoms with van der Waals surface area (Å²) < 4.78 is 5.25. The van der Waals surface area contributed by atoms with Crippen LogP contribution in [-0.2, 0) is 16.1 Å². The van der Waals surface area contributed by atoms with Crippen molar-refractivity contribution < 1.29 is 14.3 Å². The molecule has 7 heteroatoms. The van der Waals surface area contributed by atoms with Crippen LogP contribution in [0, 0.1) is 0 Å². The Morgan fingerprint density at radius 2 is 2.08 bits per heavy atom. The highest BCUT2D eigenvalue weighted by Crippen LogP contribution is 2.31. The number of benzene rings is 1. The van der Waals surface area contributed by atoms with Crippen LogP contribution in [0.3, 0.4) is 0 Å². The Labute approximate surface area is 145 Å². The second-order valence-electron chi connectivity index (χ2n) is 5.02. The van der Waals surface area contributed by atoms with Gasteiger partial charge in [-0.2, -0.15) is 0 Å². The van der Waals surface area contributed by atoms with Crippen molar-refractivity contribution in [2.24, 2.45) is 0 Å². The number of amides is 2. The van der Waals surface area contributed by atoms with E-state index in [0.29, 0.717) is 16.5 Å². The van der Waals surface area contributed by atoms with E-state index >= 15 is 0 Å². The highest BCUT2D eigenvalue weighted by molar-refractivity contribution is 6.31. The maximum atomic E-state index is 12.2. The number of rotatable bonds is 6. The number of carbonyl (C=O) groups excluding carboxylic acids is 2. The fraction of sp³-hybridized carbons (Fsp3) is 0.235. The Bertz CT molecular complexity index is 722. The number of hydrogen-bond acceptors (Lipinski definition) is 4. The molecule has 1 aromatic carbocycles. The predicted octanol–water partition coefficient (Wildman–Crippen LogP) is 2.41. The lowest BCUT2D eigenvalue weighted by Gasteiger charge is -2.23. The van der Waals surface area contributed by atoms with Gasteiger partial charge < -0.3 is 10.1 Å². The molecule has 0 saturated heterocycles. The van der Waals surface area contributed by atoms with Crippen LogP contribution < -0.4 is 15.0 Å². The fourth-order valence-corrected chi connectivity index (χ4v) is 2.30. The van der Waals surface area contributed by atoms with Gasteiger partial charge in [0.1, 0.15) is 12.3 Å². The maximum Gasteiger partial charge on any atom is 0.240 e. The third-order valence-electron chi connectivity index (χ3n) is 3.31. The summed E-state index contributed by atoms with van der Waals surface area (Å²) >= 11 is 6.00. The molecule has 0 unspecified atom stereocenters. The van der Waals surface area contributed by atoms with Crippen molar-refractivity contribution in [3.8, 4) is 5.75 Å². The average molecular weight is 348 g/mol. The van der Waals surface area contributed by atoms with Crippen LogP contribution in [0.2, 0.25) is 5.02 Å². The Morgan fingerprint density at radius 3 is 2.71 bits per heavy atom. The van der Waals surface area contributed by atoms with Crippen molar-refractivity contribution in [1.82, 2.24) is 10.3 Å². The summed E-state index contributed by atoms with van der Waals surface area (Å²) in [5.41, 5.74) is 1.19. The Hall–Kier alpha value is -2.60. The Kier molecular flexibility index (Phi) is 6.14. The second-order valence-corrected chi connectivity index (χ2v) is 5.46. The molecule has 2 rings (SSSR count). The van der Waals surface area contributed by atoms with E-state index < -0.39 is 0 Å². The van der Waals surface area contributed by atoms with E-state index in [4.69, 9.17) is 16.3 Å². The maximum absolute atomic E-state index is 12.2. The number of aromatic nitrogens is 1. The molecule has 126 valence electrons. The van der Waals surface area contributed by atoms with Gasteiger partial charge in [-0.1, -0.05) is 17.7 Å². The van der Waals surface area contributed by atoms with E-state index in [9.17, 15) is 9.59 Å². The molecule has 0 aliphatic rings. The van der Waals surface area contributed by atoms with Gasteiger partial charge in [-0.3, -0.25) is 19.5 Å². The summed E-state index contributed by atoms with van der Waals surface area (Å²) in [4.78, 5) is 29.6. The van der Waals surface area contributed by atoms with Gasteiger partial charge in [0.2, 0.25) is 11.8 Å². The predicted molar refractivity (Wildman–Crippen MR) is 92.1 cm³/mol. The van der Waals surface area contributed by atoms with Gasteiger partial charge in [-0.05, 0) is 30.3 Å². The molecule has 24 heavy (non-hydrogen) atoms. The highest BCUT2D eigenvalue weighted by atomic mass is 35.5. The number of methoxy groups -OCH3 is 1. The zero-order chi connectivity index (χ0) is 17.5. The van der Waals surface area contributed by atoms with E-state index in [-0.39, 0.29) is 24.9 Å². The largest absolute Gasteiger partial charge is 0.495 e. The van der Waals surface area contributed by atoms with Crippen molar-refractivity contribution in [2.45, 2.75) is 13.5 Å². The van der Waals surface area contributed by atoms with Crippen LogP contribution in [0.15, 0.2) is 42.6 Å². The molecule has 2 amide bonds. The topological polar surface area (TPSA) is 71.5 Å². The highest BCUT2D eigenvalue weighted by Gasteiger charge is 2.19. The third kappa shape index (κ3) is 4.70. The van der Waals surface area contributed by atoms with Gasteiger partial charge in [-0.25, -0.2) is 0 Å². The van der Waals surface area contributed by atoms with Gasteiger partial charge in [0.05, 0.1) is 25.0 Å². The van der Waals surface area contributed by atoms with Crippen LogP contribution in [0.4, 0.5) is 5.69 Å². The minimum atomic E-state index is -0.308. The van der Waals surface area contributed by atoms with Crippen LogP contribution in [-0.4, -0.2) is 30.5 Å². The monoisotopic (exact) mass is 347 g/mol. The fourth-order valence-electron chi connectivity index (χ4n) is 2.13. The van der Waals surface area contributed by atoms with Crippen LogP contribution >= 0.6 is 11.6 Å². The first kappa shape index (κ1) is 17.7. The van der Waals surface area contributed by atoms with Crippen LogP contribution in [0.25, 0.3) is 0 Å². The second kappa shape index (κ2) is 8.31. The van der Waals surface area contributed by atoms with E-state index in [1.165, 1.54) is 18.9 Å². The molecule has 0 aliphatic carbocycles. The summed E-state index contributed by atoms with van der Waals surface area (Å²) in [6.07, 6.45) is 1.65. The molecule has 0 aliphatic heterocycles. The Balaban J connectivity index is 2.10. The summed E-state index contributed by atoms with van der Waals surface area (Å²) in [6, 6.07) is 10.3. The minimum Gasteiger partial charge on any atom is -0.495 e. The van der Waals surface area contributed by atoms with Crippen molar-refractivity contribution in [3.63, 3.8) is 0 Å². The van der Waals surface area contributed by atoms with Gasteiger partial charge >= 0.3 is 0 Å². The number of nitrogens with zero attached hydrogens (tertiary/aromatic N) is 2. The molecule has 0 spiro atoms. The first-order valence-corrected chi connectivity index (χ1v) is 7.67. The number of halogens is 1.